The number of allylic oxidation sites excluding steroid dienone is 3. The molecule has 0 bridgehead atoms. The monoisotopic (exact) mass is 363 g/mol. The van der Waals surface area contributed by atoms with Crippen LogP contribution in [0.25, 0.3) is 5.70 Å². The van der Waals surface area contributed by atoms with E-state index in [1.54, 1.807) is 12.3 Å². The molecular formula is C15H14IN3. The third-order valence-corrected chi connectivity index (χ3v) is 3.77. The van der Waals surface area contributed by atoms with Crippen molar-refractivity contribution < 1.29 is 0 Å². The lowest BCUT2D eigenvalue weighted by molar-refractivity contribution is 1.25. The van der Waals surface area contributed by atoms with E-state index in [-0.39, 0.29) is 20.7 Å². The van der Waals surface area contributed by atoms with E-state index >= 15 is 0 Å². The second-order valence-corrected chi connectivity index (χ2v) is 5.73. The standard InChI is InChI=1S/C15H14IN3/c1-3-6-15(14-7-4-5-10-17-14)19-12(2)13-8-9-16-11-18-13/h3-11H,1H2,2H3/b15-6-,19-12?. The van der Waals surface area contributed by atoms with Gasteiger partial charge in [-0.2, -0.15) is 0 Å². The van der Waals surface area contributed by atoms with Gasteiger partial charge < -0.3 is 0 Å². The quantitative estimate of drug-likeness (QED) is 0.456. The Morgan fingerprint density at radius 3 is 2.95 bits per heavy atom. The molecule has 0 radical (unpaired) electrons. The molecule has 0 saturated heterocycles. The zero-order valence-electron chi connectivity index (χ0n) is 10.6. The van der Waals surface area contributed by atoms with Gasteiger partial charge in [-0.05, 0) is 35.3 Å². The highest BCUT2D eigenvalue weighted by Gasteiger charge is 2.05. The van der Waals surface area contributed by atoms with Crippen LogP contribution < -0.4 is 0 Å². The minimum atomic E-state index is -0.00186. The molecule has 1 aliphatic heterocycles. The molecule has 0 aromatic carbocycles. The zero-order valence-corrected chi connectivity index (χ0v) is 12.8. The van der Waals surface area contributed by atoms with Crippen molar-refractivity contribution in [1.29, 1.82) is 0 Å². The first-order chi connectivity index (χ1) is 9.31. The van der Waals surface area contributed by atoms with Gasteiger partial charge in [0, 0.05) is 6.20 Å². The normalized spacial score (nSPS) is 15.7. The van der Waals surface area contributed by atoms with Crippen molar-refractivity contribution in [3.05, 3.63) is 59.0 Å². The van der Waals surface area contributed by atoms with E-state index in [4.69, 9.17) is 0 Å². The zero-order chi connectivity index (χ0) is 13.5. The lowest BCUT2D eigenvalue weighted by Crippen LogP contribution is -2.08. The molecule has 2 rings (SSSR count). The molecule has 0 amide bonds. The fourth-order valence-electron chi connectivity index (χ4n) is 1.51. The number of rotatable bonds is 4. The van der Waals surface area contributed by atoms with Gasteiger partial charge in [-0.1, -0.05) is 39.5 Å². The van der Waals surface area contributed by atoms with Crippen LogP contribution in [0.15, 0.2) is 63.3 Å². The van der Waals surface area contributed by atoms with Crippen molar-refractivity contribution in [2.24, 2.45) is 9.98 Å². The summed E-state index contributed by atoms with van der Waals surface area (Å²) in [4.78, 5) is 13.3. The number of nitrogens with zero attached hydrogens (tertiary/aromatic N) is 3. The molecular weight excluding hydrogens is 349 g/mol. The first-order valence-electron chi connectivity index (χ1n) is 5.79. The van der Waals surface area contributed by atoms with Crippen LogP contribution >= 0.6 is 20.7 Å². The summed E-state index contributed by atoms with van der Waals surface area (Å²) in [5, 5.41) is 0. The van der Waals surface area contributed by atoms with Crippen molar-refractivity contribution >= 4 is 42.0 Å². The smallest absolute Gasteiger partial charge is 0.0890 e. The van der Waals surface area contributed by atoms with E-state index in [1.165, 1.54) is 0 Å². The summed E-state index contributed by atoms with van der Waals surface area (Å²) in [6.45, 7) is 5.69. The van der Waals surface area contributed by atoms with Crippen LogP contribution in [0.3, 0.4) is 0 Å². The number of aromatic nitrogens is 1. The highest BCUT2D eigenvalue weighted by molar-refractivity contribution is 14.2. The van der Waals surface area contributed by atoms with E-state index < -0.39 is 0 Å². The Morgan fingerprint density at radius 2 is 2.32 bits per heavy atom. The molecule has 1 aliphatic rings. The second-order valence-electron chi connectivity index (χ2n) is 3.73. The van der Waals surface area contributed by atoms with E-state index in [0.29, 0.717) is 0 Å². The van der Waals surface area contributed by atoms with E-state index in [9.17, 15) is 0 Å². The lowest BCUT2D eigenvalue weighted by atomic mass is 10.2. The third kappa shape index (κ3) is 3.89. The van der Waals surface area contributed by atoms with Crippen molar-refractivity contribution in [2.45, 2.75) is 6.92 Å². The number of aliphatic imine (C=N–C) groups is 2. The maximum absolute atomic E-state index is 4.61. The van der Waals surface area contributed by atoms with Gasteiger partial charge in [-0.3, -0.25) is 4.98 Å². The molecule has 0 spiro atoms. The van der Waals surface area contributed by atoms with Crippen LogP contribution in [-0.4, -0.2) is 20.5 Å². The summed E-state index contributed by atoms with van der Waals surface area (Å²) in [6, 6.07) is 5.76. The number of hydrogen-bond acceptors (Lipinski definition) is 3. The molecule has 0 N–H and O–H groups in total. The molecule has 0 fully saturated rings. The molecule has 96 valence electrons. The molecule has 0 aliphatic carbocycles. The largest absolute Gasteiger partial charge is 0.255 e. The summed E-state index contributed by atoms with van der Waals surface area (Å²) < 4.78 is 4.17. The van der Waals surface area contributed by atoms with Gasteiger partial charge in [0.15, 0.2) is 0 Å². The molecule has 0 saturated carbocycles. The Hall–Kier alpha value is -1.69. The van der Waals surface area contributed by atoms with Gasteiger partial charge in [0.1, 0.15) is 0 Å². The topological polar surface area (TPSA) is 37.6 Å². The van der Waals surface area contributed by atoms with Gasteiger partial charge in [0.2, 0.25) is 0 Å². The minimum absolute atomic E-state index is 0.00186. The van der Waals surface area contributed by atoms with Crippen LogP contribution in [0.5, 0.6) is 0 Å². The number of halogens is 1. The molecule has 2 heterocycles. The Balaban J connectivity index is 2.34. The fraction of sp³-hybridized carbons (Fsp3) is 0.0667. The molecule has 1 aromatic rings. The van der Waals surface area contributed by atoms with Crippen LogP contribution in [0, 0.1) is 0 Å². The Bertz CT molecular complexity index is 608. The molecule has 4 heteroatoms. The van der Waals surface area contributed by atoms with Gasteiger partial charge >= 0.3 is 0 Å². The average Bonchev–Trinajstić information content (AvgIpc) is 2.48. The second kappa shape index (κ2) is 7.04. The van der Waals surface area contributed by atoms with Crippen LogP contribution in [-0.2, 0) is 0 Å². The van der Waals surface area contributed by atoms with Crippen LogP contribution in [0.2, 0.25) is 0 Å². The van der Waals surface area contributed by atoms with E-state index in [0.717, 1.165) is 22.8 Å². The van der Waals surface area contributed by atoms with Gasteiger partial charge in [-0.15, -0.1) is 0 Å². The van der Waals surface area contributed by atoms with Crippen molar-refractivity contribution in [3.63, 3.8) is 0 Å². The van der Waals surface area contributed by atoms with Crippen molar-refractivity contribution in [2.75, 3.05) is 0 Å². The average molecular weight is 363 g/mol. The number of pyridine rings is 1. The first-order valence-corrected chi connectivity index (χ1v) is 8.28. The molecule has 0 atom stereocenters. The summed E-state index contributed by atoms with van der Waals surface area (Å²) >= 11 is -0.00186. The highest BCUT2D eigenvalue weighted by Crippen LogP contribution is 2.14. The minimum Gasteiger partial charge on any atom is -0.255 e. The maximum Gasteiger partial charge on any atom is 0.0890 e. The highest BCUT2D eigenvalue weighted by atomic mass is 127. The summed E-state index contributed by atoms with van der Waals surface area (Å²) in [7, 11) is 0. The summed E-state index contributed by atoms with van der Waals surface area (Å²) in [5.74, 6) is 0. The van der Waals surface area contributed by atoms with Gasteiger partial charge in [0.25, 0.3) is 0 Å². The Labute approximate surface area is 123 Å². The first kappa shape index (κ1) is 13.7. The third-order valence-electron chi connectivity index (χ3n) is 2.40. The molecule has 19 heavy (non-hydrogen) atoms. The summed E-state index contributed by atoms with van der Waals surface area (Å²) in [5.41, 5.74) is 3.43. The SMILES string of the molecule is C=C/C=C(\N=C(C)C1=NC=IC=C1)c1ccccn1. The van der Waals surface area contributed by atoms with Crippen LogP contribution in [0.1, 0.15) is 12.6 Å². The lowest BCUT2D eigenvalue weighted by Gasteiger charge is -2.05. The van der Waals surface area contributed by atoms with Crippen molar-refractivity contribution in [3.8, 4) is 0 Å². The maximum atomic E-state index is 4.61. The fourth-order valence-corrected chi connectivity index (χ4v) is 2.70. The predicted octanol–water partition coefficient (Wildman–Crippen LogP) is 3.77. The number of hydrogen-bond donors (Lipinski definition) is 0. The Morgan fingerprint density at radius 1 is 1.42 bits per heavy atom. The van der Waals surface area contributed by atoms with Crippen molar-refractivity contribution in [1.82, 2.24) is 4.98 Å². The van der Waals surface area contributed by atoms with Crippen LogP contribution in [0.4, 0.5) is 0 Å². The molecule has 3 nitrogen and oxygen atoms in total. The van der Waals surface area contributed by atoms with Gasteiger partial charge in [-0.25, -0.2) is 9.98 Å². The predicted molar refractivity (Wildman–Crippen MR) is 92.2 cm³/mol. The molecule has 1 aromatic heterocycles. The molecule has 0 unspecified atom stereocenters. The van der Waals surface area contributed by atoms with E-state index in [1.807, 2.05) is 41.4 Å². The van der Waals surface area contributed by atoms with Gasteiger partial charge in [0.05, 0.1) is 26.9 Å². The summed E-state index contributed by atoms with van der Waals surface area (Å²) in [6.07, 6.45) is 7.37. The Kier molecular flexibility index (Phi) is 5.09. The van der Waals surface area contributed by atoms with E-state index in [2.05, 4.69) is 25.6 Å².